The summed E-state index contributed by atoms with van der Waals surface area (Å²) >= 11 is 1.44. The van der Waals surface area contributed by atoms with E-state index in [0.717, 1.165) is 25.0 Å². The first-order valence-corrected chi connectivity index (χ1v) is 6.77. The van der Waals surface area contributed by atoms with E-state index in [1.165, 1.54) is 11.8 Å². The second kappa shape index (κ2) is 9.51. The number of thioether (sulfide) groups is 1. The van der Waals surface area contributed by atoms with Crippen LogP contribution in [0.5, 0.6) is 0 Å². The van der Waals surface area contributed by atoms with Gasteiger partial charge in [-0.1, -0.05) is 19.8 Å². The maximum atomic E-state index is 11.5. The van der Waals surface area contributed by atoms with Crippen LogP contribution in [0.25, 0.3) is 0 Å². The third-order valence-electron chi connectivity index (χ3n) is 2.07. The van der Waals surface area contributed by atoms with Crippen LogP contribution in [-0.2, 0) is 9.59 Å². The van der Waals surface area contributed by atoms with Crippen LogP contribution >= 0.6 is 11.8 Å². The van der Waals surface area contributed by atoms with Crippen molar-refractivity contribution in [2.24, 2.45) is 0 Å². The van der Waals surface area contributed by atoms with Crippen LogP contribution in [-0.4, -0.2) is 34.5 Å². The van der Waals surface area contributed by atoms with Gasteiger partial charge in [-0.15, -0.1) is 11.8 Å². The lowest BCUT2D eigenvalue weighted by molar-refractivity contribution is -0.138. The summed E-state index contributed by atoms with van der Waals surface area (Å²) < 4.78 is 0. The number of carbonyl (C=O) groups excluding carboxylic acids is 1. The third-order valence-corrected chi connectivity index (χ3v) is 3.38. The second-order valence-electron chi connectivity index (χ2n) is 3.56. The fourth-order valence-corrected chi connectivity index (χ4v) is 2.40. The Bertz CT molecular complexity index is 221. The van der Waals surface area contributed by atoms with Gasteiger partial charge in [0.05, 0.1) is 11.7 Å². The molecule has 4 nitrogen and oxygen atoms in total. The lowest BCUT2D eigenvalue weighted by Crippen LogP contribution is -2.34. The van der Waals surface area contributed by atoms with E-state index in [1.807, 2.05) is 6.92 Å². The van der Waals surface area contributed by atoms with E-state index in [2.05, 4.69) is 12.2 Å². The van der Waals surface area contributed by atoms with Crippen LogP contribution < -0.4 is 5.32 Å². The van der Waals surface area contributed by atoms with Crippen molar-refractivity contribution >= 4 is 23.6 Å². The SMILES string of the molecule is CCCCCSC(CC(=O)O)C(=O)NCC. The van der Waals surface area contributed by atoms with E-state index < -0.39 is 11.2 Å². The van der Waals surface area contributed by atoms with Gasteiger partial charge in [0.1, 0.15) is 0 Å². The van der Waals surface area contributed by atoms with Crippen molar-refractivity contribution in [3.05, 3.63) is 0 Å². The molecule has 0 fully saturated rings. The zero-order valence-electron chi connectivity index (χ0n) is 9.99. The molecule has 1 unspecified atom stereocenters. The van der Waals surface area contributed by atoms with E-state index in [9.17, 15) is 9.59 Å². The molecule has 0 aliphatic rings. The van der Waals surface area contributed by atoms with E-state index in [1.54, 1.807) is 0 Å². The van der Waals surface area contributed by atoms with Gasteiger partial charge in [-0.3, -0.25) is 9.59 Å². The number of nitrogens with one attached hydrogen (secondary N) is 1. The third kappa shape index (κ3) is 7.56. The Balaban J connectivity index is 3.99. The molecule has 0 aromatic heterocycles. The van der Waals surface area contributed by atoms with Gasteiger partial charge in [0.25, 0.3) is 0 Å². The summed E-state index contributed by atoms with van der Waals surface area (Å²) in [6, 6.07) is 0. The largest absolute Gasteiger partial charge is 0.481 e. The molecule has 5 heteroatoms. The first kappa shape index (κ1) is 15.3. The van der Waals surface area contributed by atoms with E-state index in [0.29, 0.717) is 6.54 Å². The van der Waals surface area contributed by atoms with Gasteiger partial charge in [-0.2, -0.15) is 0 Å². The molecule has 94 valence electrons. The van der Waals surface area contributed by atoms with Crippen molar-refractivity contribution in [1.29, 1.82) is 0 Å². The summed E-state index contributed by atoms with van der Waals surface area (Å²) in [5.41, 5.74) is 0. The highest BCUT2D eigenvalue weighted by Crippen LogP contribution is 2.17. The molecule has 1 atom stereocenters. The molecule has 0 bridgehead atoms. The van der Waals surface area contributed by atoms with Gasteiger partial charge >= 0.3 is 5.97 Å². The average Bonchev–Trinajstić information content (AvgIpc) is 2.22. The lowest BCUT2D eigenvalue weighted by Gasteiger charge is -2.13. The van der Waals surface area contributed by atoms with Crippen LogP contribution in [0, 0.1) is 0 Å². The molecule has 0 aliphatic carbocycles. The van der Waals surface area contributed by atoms with Gasteiger partial charge in [0, 0.05) is 6.54 Å². The molecule has 0 spiro atoms. The molecule has 0 saturated heterocycles. The number of rotatable bonds is 9. The summed E-state index contributed by atoms with van der Waals surface area (Å²) in [5.74, 6) is -0.228. The van der Waals surface area contributed by atoms with Crippen molar-refractivity contribution in [3.8, 4) is 0 Å². The monoisotopic (exact) mass is 247 g/mol. The quantitative estimate of drug-likeness (QED) is 0.611. The molecule has 0 rings (SSSR count). The molecule has 0 aliphatic heterocycles. The average molecular weight is 247 g/mol. The Hall–Kier alpha value is -0.710. The summed E-state index contributed by atoms with van der Waals surface area (Å²) in [4.78, 5) is 22.2. The van der Waals surface area contributed by atoms with Crippen LogP contribution in [0.2, 0.25) is 0 Å². The maximum Gasteiger partial charge on any atom is 0.305 e. The molecular formula is C11H21NO3S. The Labute approximate surface area is 101 Å². The minimum absolute atomic E-state index is 0.0946. The van der Waals surface area contributed by atoms with Gasteiger partial charge in [0.2, 0.25) is 5.91 Å². The van der Waals surface area contributed by atoms with E-state index in [-0.39, 0.29) is 12.3 Å². The second-order valence-corrected chi connectivity index (χ2v) is 4.87. The normalized spacial score (nSPS) is 12.1. The van der Waals surface area contributed by atoms with Crippen LogP contribution in [0.4, 0.5) is 0 Å². The van der Waals surface area contributed by atoms with Crippen molar-refractivity contribution < 1.29 is 14.7 Å². The molecule has 16 heavy (non-hydrogen) atoms. The van der Waals surface area contributed by atoms with Crippen LogP contribution in [0.1, 0.15) is 39.5 Å². The van der Waals surface area contributed by atoms with E-state index in [4.69, 9.17) is 5.11 Å². The first-order valence-electron chi connectivity index (χ1n) is 5.72. The zero-order valence-corrected chi connectivity index (χ0v) is 10.8. The zero-order chi connectivity index (χ0) is 12.4. The highest BCUT2D eigenvalue weighted by molar-refractivity contribution is 8.00. The number of carboxylic acid groups (broad SMARTS) is 1. The molecular weight excluding hydrogens is 226 g/mol. The molecule has 0 aromatic rings. The number of aliphatic carboxylic acids is 1. The minimum Gasteiger partial charge on any atom is -0.481 e. The highest BCUT2D eigenvalue weighted by Gasteiger charge is 2.21. The topological polar surface area (TPSA) is 66.4 Å². The van der Waals surface area contributed by atoms with Gasteiger partial charge in [0.15, 0.2) is 0 Å². The molecule has 0 aromatic carbocycles. The van der Waals surface area contributed by atoms with Gasteiger partial charge in [-0.05, 0) is 19.1 Å². The Morgan fingerprint density at radius 2 is 2.00 bits per heavy atom. The Morgan fingerprint density at radius 3 is 2.50 bits per heavy atom. The number of hydrogen-bond acceptors (Lipinski definition) is 3. The van der Waals surface area contributed by atoms with Crippen molar-refractivity contribution in [3.63, 3.8) is 0 Å². The number of unbranched alkanes of at least 4 members (excludes halogenated alkanes) is 2. The van der Waals surface area contributed by atoms with Crippen LogP contribution in [0.15, 0.2) is 0 Å². The summed E-state index contributed by atoms with van der Waals surface area (Å²) in [6.45, 7) is 4.49. The molecule has 0 radical (unpaired) electrons. The molecule has 0 heterocycles. The van der Waals surface area contributed by atoms with Gasteiger partial charge in [-0.25, -0.2) is 0 Å². The predicted molar refractivity (Wildman–Crippen MR) is 66.7 cm³/mol. The number of carbonyl (C=O) groups is 2. The highest BCUT2D eigenvalue weighted by atomic mass is 32.2. The number of carboxylic acids is 1. The summed E-state index contributed by atoms with van der Waals surface area (Å²) in [6.07, 6.45) is 3.20. The molecule has 2 N–H and O–H groups in total. The van der Waals surface area contributed by atoms with Crippen LogP contribution in [0.3, 0.4) is 0 Å². The standard InChI is InChI=1S/C11H21NO3S/c1-3-5-6-7-16-9(8-10(13)14)11(15)12-4-2/h9H,3-8H2,1-2H3,(H,12,15)(H,13,14). The Kier molecular flexibility index (Phi) is 9.09. The fourth-order valence-electron chi connectivity index (χ4n) is 1.25. The van der Waals surface area contributed by atoms with Crippen molar-refractivity contribution in [1.82, 2.24) is 5.32 Å². The smallest absolute Gasteiger partial charge is 0.305 e. The number of amides is 1. The van der Waals surface area contributed by atoms with Crippen molar-refractivity contribution in [2.75, 3.05) is 12.3 Å². The Morgan fingerprint density at radius 1 is 1.31 bits per heavy atom. The first-order chi connectivity index (χ1) is 7.61. The minimum atomic E-state index is -0.917. The predicted octanol–water partition coefficient (Wildman–Crippen LogP) is 1.89. The molecule has 0 saturated carbocycles. The molecule has 1 amide bonds. The van der Waals surface area contributed by atoms with Gasteiger partial charge < -0.3 is 10.4 Å². The van der Waals surface area contributed by atoms with Crippen molar-refractivity contribution in [2.45, 2.75) is 44.8 Å². The maximum absolute atomic E-state index is 11.5. The summed E-state index contributed by atoms with van der Waals surface area (Å²) in [5, 5.41) is 10.9. The fraction of sp³-hybridized carbons (Fsp3) is 0.818. The number of hydrogen-bond donors (Lipinski definition) is 2. The lowest BCUT2D eigenvalue weighted by atomic mass is 10.3. The van der Waals surface area contributed by atoms with E-state index >= 15 is 0 Å². The summed E-state index contributed by atoms with van der Waals surface area (Å²) in [7, 11) is 0.